The van der Waals surface area contributed by atoms with Crippen LogP contribution in [-0.4, -0.2) is 26.6 Å². The van der Waals surface area contributed by atoms with Gasteiger partial charge < -0.3 is 9.51 Å². The molecule has 0 spiro atoms. The number of nitrogens with one attached hydrogen (secondary N) is 1. The minimum atomic E-state index is -0.274. The van der Waals surface area contributed by atoms with E-state index in [-0.39, 0.29) is 5.82 Å². The fourth-order valence-electron chi connectivity index (χ4n) is 2.88. The zero-order chi connectivity index (χ0) is 14.9. The highest BCUT2D eigenvalue weighted by atomic mass is 19.1. The first-order valence-electron chi connectivity index (χ1n) is 7.23. The number of rotatable bonds is 3. The Hall–Kier alpha value is -2.47. The van der Waals surface area contributed by atoms with Gasteiger partial charge >= 0.3 is 0 Å². The van der Waals surface area contributed by atoms with Crippen LogP contribution in [0.25, 0.3) is 11.3 Å². The van der Waals surface area contributed by atoms with Gasteiger partial charge in [0.05, 0.1) is 6.33 Å². The Kier molecular flexibility index (Phi) is 3.23. The molecule has 0 amide bonds. The molecule has 0 saturated heterocycles. The molecule has 0 saturated carbocycles. The summed E-state index contributed by atoms with van der Waals surface area (Å²) in [6.07, 6.45) is 4.28. The Morgan fingerprint density at radius 3 is 3.05 bits per heavy atom. The molecule has 6 heteroatoms. The third kappa shape index (κ3) is 2.31. The van der Waals surface area contributed by atoms with Crippen LogP contribution in [0, 0.1) is 5.82 Å². The number of aromatic nitrogens is 3. The van der Waals surface area contributed by atoms with E-state index in [2.05, 4.69) is 20.0 Å². The zero-order valence-electron chi connectivity index (χ0n) is 11.9. The van der Waals surface area contributed by atoms with E-state index >= 15 is 0 Å². The van der Waals surface area contributed by atoms with Gasteiger partial charge in [-0.1, -0.05) is 17.3 Å². The lowest BCUT2D eigenvalue weighted by Crippen LogP contribution is -2.29. The molecule has 0 radical (unpaired) electrons. The van der Waals surface area contributed by atoms with Gasteiger partial charge in [-0.3, -0.25) is 4.90 Å². The SMILES string of the molecule is Fc1ccccc1-c1noc2c1CN(Cc1cnc[nH]1)CC2. The molecule has 0 bridgehead atoms. The number of aromatic amines is 1. The van der Waals surface area contributed by atoms with Gasteiger partial charge in [-0.15, -0.1) is 0 Å². The number of H-pyrrole nitrogens is 1. The van der Waals surface area contributed by atoms with Gasteiger partial charge in [-0.05, 0) is 12.1 Å². The molecule has 112 valence electrons. The van der Waals surface area contributed by atoms with Crippen molar-refractivity contribution in [3.63, 3.8) is 0 Å². The third-order valence-corrected chi connectivity index (χ3v) is 3.98. The molecule has 4 rings (SSSR count). The van der Waals surface area contributed by atoms with Crippen LogP contribution in [0.2, 0.25) is 0 Å². The van der Waals surface area contributed by atoms with Gasteiger partial charge in [0.15, 0.2) is 0 Å². The van der Waals surface area contributed by atoms with Crippen molar-refractivity contribution in [2.75, 3.05) is 6.54 Å². The second-order valence-corrected chi connectivity index (χ2v) is 5.45. The molecule has 1 aliphatic heterocycles. The number of hydrogen-bond acceptors (Lipinski definition) is 4. The second kappa shape index (κ2) is 5.38. The van der Waals surface area contributed by atoms with Crippen molar-refractivity contribution < 1.29 is 8.91 Å². The molecule has 0 atom stereocenters. The summed E-state index contributed by atoms with van der Waals surface area (Å²) in [4.78, 5) is 9.42. The number of benzene rings is 1. The third-order valence-electron chi connectivity index (χ3n) is 3.98. The van der Waals surface area contributed by atoms with E-state index in [1.807, 2.05) is 12.3 Å². The van der Waals surface area contributed by atoms with Gasteiger partial charge in [-0.2, -0.15) is 0 Å². The molecule has 2 aromatic heterocycles. The van der Waals surface area contributed by atoms with Crippen LogP contribution in [0.3, 0.4) is 0 Å². The van der Waals surface area contributed by atoms with Crippen LogP contribution in [-0.2, 0) is 19.5 Å². The summed E-state index contributed by atoms with van der Waals surface area (Å²) in [6, 6.07) is 6.67. The van der Waals surface area contributed by atoms with Crippen LogP contribution in [0.1, 0.15) is 17.0 Å². The van der Waals surface area contributed by atoms with Crippen molar-refractivity contribution in [2.45, 2.75) is 19.5 Å². The number of nitrogens with zero attached hydrogens (tertiary/aromatic N) is 3. The van der Waals surface area contributed by atoms with E-state index in [0.717, 1.165) is 36.5 Å². The summed E-state index contributed by atoms with van der Waals surface area (Å²) in [5, 5.41) is 4.10. The number of halogens is 1. The Balaban J connectivity index is 1.64. The largest absolute Gasteiger partial charge is 0.360 e. The Morgan fingerprint density at radius 1 is 1.32 bits per heavy atom. The molecule has 1 aliphatic rings. The highest BCUT2D eigenvalue weighted by molar-refractivity contribution is 5.64. The predicted octanol–water partition coefficient (Wildman–Crippen LogP) is 2.76. The summed E-state index contributed by atoms with van der Waals surface area (Å²) in [7, 11) is 0. The van der Waals surface area contributed by atoms with Crippen LogP contribution in [0.4, 0.5) is 4.39 Å². The van der Waals surface area contributed by atoms with Crippen LogP contribution >= 0.6 is 0 Å². The summed E-state index contributed by atoms with van der Waals surface area (Å²) < 4.78 is 19.4. The molecule has 0 aliphatic carbocycles. The number of imidazole rings is 1. The molecule has 0 unspecified atom stereocenters. The first kappa shape index (κ1) is 13.2. The first-order valence-corrected chi connectivity index (χ1v) is 7.23. The molecule has 1 aromatic carbocycles. The predicted molar refractivity (Wildman–Crippen MR) is 78.3 cm³/mol. The smallest absolute Gasteiger partial charge is 0.143 e. The molecule has 0 fully saturated rings. The quantitative estimate of drug-likeness (QED) is 0.808. The molecule has 22 heavy (non-hydrogen) atoms. The fourth-order valence-corrected chi connectivity index (χ4v) is 2.88. The van der Waals surface area contributed by atoms with Gasteiger partial charge in [-0.25, -0.2) is 9.37 Å². The molecule has 1 N–H and O–H groups in total. The maximum Gasteiger partial charge on any atom is 0.143 e. The second-order valence-electron chi connectivity index (χ2n) is 5.45. The number of fused-ring (bicyclic) bond motifs is 1. The van der Waals surface area contributed by atoms with Crippen LogP contribution < -0.4 is 0 Å². The van der Waals surface area contributed by atoms with Gasteiger partial charge in [0.1, 0.15) is 17.3 Å². The highest BCUT2D eigenvalue weighted by Crippen LogP contribution is 2.31. The van der Waals surface area contributed by atoms with E-state index in [0.29, 0.717) is 17.8 Å². The summed E-state index contributed by atoms with van der Waals surface area (Å²) in [6.45, 7) is 2.36. The van der Waals surface area contributed by atoms with E-state index in [1.54, 1.807) is 18.5 Å². The standard InChI is InChI=1S/C16H15FN4O/c17-14-4-2-1-3-12(14)16-13-9-21(6-5-15(13)22-20-16)8-11-7-18-10-19-11/h1-4,7,10H,5-6,8-9H2,(H,18,19). The maximum absolute atomic E-state index is 14.0. The minimum absolute atomic E-state index is 0.274. The van der Waals surface area contributed by atoms with Gasteiger partial charge in [0, 0.05) is 49.1 Å². The maximum atomic E-state index is 14.0. The fraction of sp³-hybridized carbons (Fsp3) is 0.250. The summed E-state index contributed by atoms with van der Waals surface area (Å²) in [5.41, 5.74) is 3.15. The van der Waals surface area contributed by atoms with Crippen molar-refractivity contribution in [3.8, 4) is 11.3 Å². The number of hydrogen-bond donors (Lipinski definition) is 1. The van der Waals surface area contributed by atoms with Crippen molar-refractivity contribution in [1.82, 2.24) is 20.0 Å². The van der Waals surface area contributed by atoms with Gasteiger partial charge in [0.25, 0.3) is 0 Å². The Labute approximate surface area is 126 Å². The molecule has 3 heterocycles. The van der Waals surface area contributed by atoms with Crippen LogP contribution in [0.15, 0.2) is 41.3 Å². The molecule has 3 aromatic rings. The van der Waals surface area contributed by atoms with Crippen molar-refractivity contribution in [2.24, 2.45) is 0 Å². The first-order chi connectivity index (χ1) is 10.8. The van der Waals surface area contributed by atoms with E-state index in [4.69, 9.17) is 4.52 Å². The zero-order valence-corrected chi connectivity index (χ0v) is 11.9. The Morgan fingerprint density at radius 2 is 2.23 bits per heavy atom. The average molecular weight is 298 g/mol. The monoisotopic (exact) mass is 298 g/mol. The van der Waals surface area contributed by atoms with E-state index in [1.165, 1.54) is 6.07 Å². The molecular formula is C16H15FN4O. The summed E-state index contributed by atoms with van der Waals surface area (Å²) in [5.74, 6) is 0.586. The van der Waals surface area contributed by atoms with E-state index in [9.17, 15) is 4.39 Å². The average Bonchev–Trinajstić information content (AvgIpc) is 3.17. The van der Waals surface area contributed by atoms with Gasteiger partial charge in [0.2, 0.25) is 0 Å². The topological polar surface area (TPSA) is 58.0 Å². The normalized spacial score (nSPS) is 15.0. The highest BCUT2D eigenvalue weighted by Gasteiger charge is 2.26. The van der Waals surface area contributed by atoms with E-state index < -0.39 is 0 Å². The lowest BCUT2D eigenvalue weighted by atomic mass is 10.0. The Bertz CT molecular complexity index is 781. The lowest BCUT2D eigenvalue weighted by Gasteiger charge is -2.25. The van der Waals surface area contributed by atoms with Crippen molar-refractivity contribution in [1.29, 1.82) is 0 Å². The van der Waals surface area contributed by atoms with Crippen LogP contribution in [0.5, 0.6) is 0 Å². The minimum Gasteiger partial charge on any atom is -0.360 e. The lowest BCUT2D eigenvalue weighted by molar-refractivity contribution is 0.226. The molecular weight excluding hydrogens is 283 g/mol. The van der Waals surface area contributed by atoms with Crippen molar-refractivity contribution in [3.05, 3.63) is 59.6 Å². The summed E-state index contributed by atoms with van der Waals surface area (Å²) >= 11 is 0. The molecule has 5 nitrogen and oxygen atoms in total. The van der Waals surface area contributed by atoms with Crippen molar-refractivity contribution >= 4 is 0 Å².